The van der Waals surface area contributed by atoms with Gasteiger partial charge in [0, 0.05) is 22.4 Å². The monoisotopic (exact) mass is 381 g/mol. The Morgan fingerprint density at radius 2 is 1.58 bits per heavy atom. The lowest BCUT2D eigenvalue weighted by Crippen LogP contribution is -2.43. The summed E-state index contributed by atoms with van der Waals surface area (Å²) in [6.07, 6.45) is 0. The summed E-state index contributed by atoms with van der Waals surface area (Å²) in [6.45, 7) is 13.8. The van der Waals surface area contributed by atoms with Gasteiger partial charge in [0.2, 0.25) is 0 Å². The highest BCUT2D eigenvalue weighted by Gasteiger charge is 2.29. The maximum Gasteiger partial charge on any atom is 0.329 e. The van der Waals surface area contributed by atoms with E-state index >= 15 is 0 Å². The summed E-state index contributed by atoms with van der Waals surface area (Å²) in [7, 11) is 0. The minimum atomic E-state index is -0.823. The maximum atomic E-state index is 12.8. The molecule has 0 bridgehead atoms. The molecule has 0 aliphatic rings. The maximum absolute atomic E-state index is 12.8. The molecule has 1 amide bonds. The predicted molar refractivity (Wildman–Crippen MR) is 107 cm³/mol. The van der Waals surface area contributed by atoms with Crippen LogP contribution < -0.4 is 5.32 Å². The van der Waals surface area contributed by atoms with Crippen LogP contribution >= 0.6 is 12.6 Å². The van der Waals surface area contributed by atoms with Gasteiger partial charge in [-0.1, -0.05) is 41.5 Å². The average molecular weight is 382 g/mol. The second kappa shape index (κ2) is 8.33. The Labute approximate surface area is 161 Å². The van der Waals surface area contributed by atoms with Crippen LogP contribution in [-0.2, 0) is 20.4 Å². The quantitative estimate of drug-likeness (QED) is 0.538. The first-order valence-corrected chi connectivity index (χ1v) is 9.42. The second-order valence-electron chi connectivity index (χ2n) is 8.38. The average Bonchev–Trinajstić information content (AvgIpc) is 2.50. The number of benzene rings is 1. The molecule has 2 N–H and O–H groups in total. The molecule has 0 aliphatic carbocycles. The Morgan fingerprint density at radius 1 is 1.12 bits per heavy atom. The Morgan fingerprint density at radius 3 is 1.92 bits per heavy atom. The van der Waals surface area contributed by atoms with E-state index in [0.29, 0.717) is 16.7 Å². The molecule has 0 unspecified atom stereocenters. The Hall–Kier alpha value is -1.69. The van der Waals surface area contributed by atoms with E-state index in [0.717, 1.165) is 0 Å². The highest BCUT2D eigenvalue weighted by molar-refractivity contribution is 7.80. The number of carbonyl (C=O) groups excluding carboxylic acids is 2. The normalized spacial score (nSPS) is 13.2. The number of nitrogens with one attached hydrogen (secondary N) is 1. The summed E-state index contributed by atoms with van der Waals surface area (Å²) < 4.78 is 4.96. The van der Waals surface area contributed by atoms with E-state index in [1.165, 1.54) is 0 Å². The lowest BCUT2D eigenvalue weighted by atomic mass is 9.78. The fourth-order valence-corrected chi connectivity index (χ4v) is 2.81. The number of thiol groups is 1. The highest BCUT2D eigenvalue weighted by Crippen LogP contribution is 2.39. The Bertz CT molecular complexity index is 636. The van der Waals surface area contributed by atoms with Gasteiger partial charge >= 0.3 is 5.97 Å². The number of rotatable bonds is 5. The van der Waals surface area contributed by atoms with Crippen LogP contribution in [0.15, 0.2) is 12.1 Å². The molecule has 0 radical (unpaired) electrons. The summed E-state index contributed by atoms with van der Waals surface area (Å²) in [5, 5.41) is 13.4. The fraction of sp³-hybridized carbons (Fsp3) is 0.600. The molecule has 26 heavy (non-hydrogen) atoms. The van der Waals surface area contributed by atoms with E-state index in [2.05, 4.69) is 17.9 Å². The van der Waals surface area contributed by atoms with Gasteiger partial charge in [0.25, 0.3) is 5.91 Å². The van der Waals surface area contributed by atoms with E-state index in [1.807, 2.05) is 41.5 Å². The van der Waals surface area contributed by atoms with Gasteiger partial charge in [0.15, 0.2) is 0 Å². The topological polar surface area (TPSA) is 75.6 Å². The number of phenols is 1. The van der Waals surface area contributed by atoms with Crippen molar-refractivity contribution < 1.29 is 19.4 Å². The predicted octanol–water partition coefficient (Wildman–Crippen LogP) is 3.58. The number of hydrogen-bond donors (Lipinski definition) is 3. The molecule has 5 nitrogen and oxygen atoms in total. The Kier molecular flexibility index (Phi) is 7.17. The van der Waals surface area contributed by atoms with Gasteiger partial charge in [0.05, 0.1) is 6.61 Å². The molecule has 0 fully saturated rings. The zero-order valence-corrected chi connectivity index (χ0v) is 17.7. The molecular formula is C20H31NO4S. The molecule has 1 atom stereocenters. The van der Waals surface area contributed by atoms with Crippen molar-refractivity contribution in [2.45, 2.75) is 65.3 Å². The summed E-state index contributed by atoms with van der Waals surface area (Å²) in [5.41, 5.74) is 1.09. The van der Waals surface area contributed by atoms with Crippen molar-refractivity contribution in [2.24, 2.45) is 0 Å². The first-order valence-electron chi connectivity index (χ1n) is 8.79. The van der Waals surface area contributed by atoms with Gasteiger partial charge in [-0.3, -0.25) is 4.79 Å². The first-order chi connectivity index (χ1) is 11.8. The van der Waals surface area contributed by atoms with Gasteiger partial charge in [-0.2, -0.15) is 12.6 Å². The van der Waals surface area contributed by atoms with Gasteiger partial charge < -0.3 is 15.2 Å². The summed E-state index contributed by atoms with van der Waals surface area (Å²) in [5.74, 6) is -0.562. The SMILES string of the molecule is CCOC(=O)[C@H](CS)NC(=O)c1cc(C(C)(C)C)c(O)c(C(C)(C)C)c1. The third-order valence-corrected chi connectivity index (χ3v) is 4.41. The van der Waals surface area contributed by atoms with Gasteiger partial charge in [-0.05, 0) is 29.9 Å². The van der Waals surface area contributed by atoms with E-state index < -0.39 is 17.9 Å². The van der Waals surface area contributed by atoms with Crippen LogP contribution in [0.2, 0.25) is 0 Å². The van der Waals surface area contributed by atoms with E-state index in [9.17, 15) is 14.7 Å². The van der Waals surface area contributed by atoms with E-state index in [1.54, 1.807) is 19.1 Å². The minimum absolute atomic E-state index is 0.140. The van der Waals surface area contributed by atoms with Crippen LogP contribution in [0.3, 0.4) is 0 Å². The number of hydrogen-bond acceptors (Lipinski definition) is 5. The zero-order chi connectivity index (χ0) is 20.3. The van der Waals surface area contributed by atoms with Crippen molar-refractivity contribution in [3.63, 3.8) is 0 Å². The number of esters is 1. The van der Waals surface area contributed by atoms with Crippen LogP contribution in [-0.4, -0.2) is 35.4 Å². The molecule has 0 aliphatic heterocycles. The lowest BCUT2D eigenvalue weighted by molar-refractivity contribution is -0.144. The third kappa shape index (κ3) is 5.40. The Balaban J connectivity index is 3.35. The zero-order valence-electron chi connectivity index (χ0n) is 16.8. The van der Waals surface area contributed by atoms with Crippen LogP contribution in [0, 0.1) is 0 Å². The third-order valence-electron chi connectivity index (χ3n) is 4.05. The molecular weight excluding hydrogens is 350 g/mol. The molecule has 1 aromatic carbocycles. The van der Waals surface area contributed by atoms with Crippen LogP contribution in [0.25, 0.3) is 0 Å². The molecule has 0 heterocycles. The standard InChI is InChI=1S/C20H31NO4S/c1-8-25-18(24)15(11-26)21-17(23)12-9-13(19(2,3)4)16(22)14(10-12)20(5,6)7/h9-10,15,22,26H,8,11H2,1-7H3,(H,21,23)/t15-/m0/s1. The molecule has 0 spiro atoms. The van der Waals surface area contributed by atoms with Crippen molar-refractivity contribution in [3.8, 4) is 5.75 Å². The minimum Gasteiger partial charge on any atom is -0.507 e. The molecule has 1 aromatic rings. The van der Waals surface area contributed by atoms with Gasteiger partial charge in [-0.25, -0.2) is 4.79 Å². The first kappa shape index (κ1) is 22.4. The van der Waals surface area contributed by atoms with Crippen molar-refractivity contribution in [1.29, 1.82) is 0 Å². The van der Waals surface area contributed by atoms with Crippen molar-refractivity contribution in [2.75, 3.05) is 12.4 Å². The van der Waals surface area contributed by atoms with Crippen molar-refractivity contribution >= 4 is 24.5 Å². The van der Waals surface area contributed by atoms with E-state index in [-0.39, 0.29) is 28.9 Å². The molecule has 0 saturated carbocycles. The van der Waals surface area contributed by atoms with Crippen LogP contribution in [0.1, 0.15) is 70.0 Å². The van der Waals surface area contributed by atoms with Gasteiger partial charge in [0.1, 0.15) is 11.8 Å². The van der Waals surface area contributed by atoms with Crippen LogP contribution in [0.5, 0.6) is 5.75 Å². The summed E-state index contributed by atoms with van der Waals surface area (Å²) in [6, 6.07) is 2.54. The molecule has 0 saturated heterocycles. The van der Waals surface area contributed by atoms with Gasteiger partial charge in [-0.15, -0.1) is 0 Å². The van der Waals surface area contributed by atoms with Crippen LogP contribution in [0.4, 0.5) is 0 Å². The molecule has 0 aromatic heterocycles. The number of aromatic hydroxyl groups is 1. The van der Waals surface area contributed by atoms with Crippen molar-refractivity contribution in [1.82, 2.24) is 5.32 Å². The fourth-order valence-electron chi connectivity index (χ4n) is 2.57. The summed E-state index contributed by atoms with van der Waals surface area (Å²) >= 11 is 4.13. The number of amides is 1. The molecule has 6 heteroatoms. The number of phenolic OH excluding ortho intramolecular Hbond substituents is 1. The number of carbonyl (C=O) groups is 2. The smallest absolute Gasteiger partial charge is 0.329 e. The molecule has 146 valence electrons. The second-order valence-corrected chi connectivity index (χ2v) is 8.75. The molecule has 1 rings (SSSR count). The largest absolute Gasteiger partial charge is 0.507 e. The number of ether oxygens (including phenoxy) is 1. The van der Waals surface area contributed by atoms with Crippen molar-refractivity contribution in [3.05, 3.63) is 28.8 Å². The summed E-state index contributed by atoms with van der Waals surface area (Å²) in [4.78, 5) is 24.7. The van der Waals surface area contributed by atoms with E-state index in [4.69, 9.17) is 4.74 Å². The highest BCUT2D eigenvalue weighted by atomic mass is 32.1. The lowest BCUT2D eigenvalue weighted by Gasteiger charge is -2.28.